The summed E-state index contributed by atoms with van der Waals surface area (Å²) >= 11 is 3.09. The topological polar surface area (TPSA) is 94.4 Å². The maximum absolute atomic E-state index is 12.8. The molecule has 1 fully saturated rings. The van der Waals surface area contributed by atoms with Crippen LogP contribution in [0.4, 0.5) is 0 Å². The number of piperidine rings is 1. The van der Waals surface area contributed by atoms with Crippen LogP contribution in [0, 0.1) is 0 Å². The second-order valence-corrected chi connectivity index (χ2v) is 7.25. The van der Waals surface area contributed by atoms with Crippen molar-refractivity contribution in [1.29, 1.82) is 0 Å². The molecule has 118 valence electrons. The molecule has 0 saturated carbocycles. The fourth-order valence-electron chi connectivity index (χ4n) is 2.37. The van der Waals surface area contributed by atoms with E-state index in [1.807, 2.05) is 0 Å². The molecule has 0 N–H and O–H groups in total. The van der Waals surface area contributed by atoms with E-state index in [0.29, 0.717) is 12.8 Å². The van der Waals surface area contributed by atoms with E-state index in [1.54, 1.807) is 6.92 Å². The van der Waals surface area contributed by atoms with Gasteiger partial charge in [-0.25, -0.2) is 13.1 Å². The van der Waals surface area contributed by atoms with Crippen LogP contribution < -0.4 is 0 Å². The number of rotatable bonds is 4. The predicted molar refractivity (Wildman–Crippen MR) is 76.9 cm³/mol. The maximum Gasteiger partial charge on any atom is 0.324 e. The molecule has 1 aliphatic rings. The molecule has 1 aromatic rings. The lowest BCUT2D eigenvalue weighted by Crippen LogP contribution is -2.49. The zero-order chi connectivity index (χ0) is 15.6. The molecule has 8 nitrogen and oxygen atoms in total. The van der Waals surface area contributed by atoms with Gasteiger partial charge in [-0.05, 0) is 42.1 Å². The number of aromatic nitrogens is 3. The maximum atomic E-state index is 12.8. The van der Waals surface area contributed by atoms with Crippen LogP contribution in [-0.4, -0.2) is 52.9 Å². The number of carbonyl (C=O) groups is 1. The van der Waals surface area contributed by atoms with E-state index in [9.17, 15) is 13.2 Å². The van der Waals surface area contributed by atoms with Gasteiger partial charge in [-0.15, -0.1) is 5.10 Å². The van der Waals surface area contributed by atoms with Crippen LogP contribution in [0.25, 0.3) is 0 Å². The van der Waals surface area contributed by atoms with Gasteiger partial charge >= 0.3 is 5.97 Å². The smallest absolute Gasteiger partial charge is 0.324 e. The van der Waals surface area contributed by atoms with Crippen molar-refractivity contribution in [2.75, 3.05) is 13.2 Å². The fraction of sp³-hybridized carbons (Fsp3) is 0.727. The van der Waals surface area contributed by atoms with E-state index < -0.39 is 22.0 Å². The zero-order valence-corrected chi connectivity index (χ0v) is 14.2. The van der Waals surface area contributed by atoms with Crippen molar-refractivity contribution in [3.8, 4) is 0 Å². The Morgan fingerprint density at radius 1 is 1.48 bits per heavy atom. The van der Waals surface area contributed by atoms with Gasteiger partial charge in [0.25, 0.3) is 10.0 Å². The van der Waals surface area contributed by atoms with Crippen molar-refractivity contribution in [3.63, 3.8) is 0 Å². The second-order valence-electron chi connectivity index (χ2n) is 4.69. The van der Waals surface area contributed by atoms with E-state index in [2.05, 4.69) is 26.2 Å². The van der Waals surface area contributed by atoms with Crippen molar-refractivity contribution >= 4 is 31.9 Å². The summed E-state index contributed by atoms with van der Waals surface area (Å²) in [5, 5.41) is 7.32. The first-order valence-electron chi connectivity index (χ1n) is 6.63. The Bertz CT molecular complexity index is 611. The van der Waals surface area contributed by atoms with E-state index in [0.717, 1.165) is 6.42 Å². The predicted octanol–water partition coefficient (Wildman–Crippen LogP) is 0.684. The summed E-state index contributed by atoms with van der Waals surface area (Å²) in [5.41, 5.74) is 0. The van der Waals surface area contributed by atoms with Crippen LogP contribution in [0.15, 0.2) is 9.63 Å². The number of aryl methyl sites for hydroxylation is 1. The Morgan fingerprint density at radius 2 is 2.19 bits per heavy atom. The van der Waals surface area contributed by atoms with Gasteiger partial charge in [0.1, 0.15) is 6.04 Å². The fourth-order valence-corrected chi connectivity index (χ4v) is 5.06. The van der Waals surface area contributed by atoms with Crippen LogP contribution in [0.3, 0.4) is 0 Å². The number of nitrogens with zero attached hydrogens (tertiary/aromatic N) is 4. The minimum Gasteiger partial charge on any atom is -0.465 e. The molecule has 0 amide bonds. The lowest BCUT2D eigenvalue weighted by molar-refractivity contribution is -0.148. The number of esters is 1. The summed E-state index contributed by atoms with van der Waals surface area (Å²) < 4.78 is 33.1. The second kappa shape index (κ2) is 6.41. The third kappa shape index (κ3) is 3.11. The number of sulfonamides is 1. The van der Waals surface area contributed by atoms with Crippen LogP contribution in [-0.2, 0) is 26.6 Å². The van der Waals surface area contributed by atoms with Crippen molar-refractivity contribution in [1.82, 2.24) is 19.3 Å². The van der Waals surface area contributed by atoms with Gasteiger partial charge < -0.3 is 4.74 Å². The third-order valence-corrected chi connectivity index (χ3v) is 6.10. The van der Waals surface area contributed by atoms with Crippen LogP contribution >= 0.6 is 15.9 Å². The molecule has 1 unspecified atom stereocenters. The highest BCUT2D eigenvalue weighted by Crippen LogP contribution is 2.28. The lowest BCUT2D eigenvalue weighted by Gasteiger charge is -2.32. The summed E-state index contributed by atoms with van der Waals surface area (Å²) in [4.78, 5) is 12.0. The molecule has 1 aromatic heterocycles. The molecular formula is C11H17BrN4O4S. The number of carbonyl (C=O) groups excluding carboxylic acids is 1. The standard InChI is InChI=1S/C11H17BrN4O4S/c1-3-20-11(17)8-6-4-5-7-16(8)21(18,19)10-9(12)13-14-15(10)2/h8H,3-7H2,1-2H3. The molecule has 2 heterocycles. The summed E-state index contributed by atoms with van der Waals surface area (Å²) in [7, 11) is -2.37. The van der Waals surface area contributed by atoms with Gasteiger partial charge in [0.15, 0.2) is 4.60 Å². The normalized spacial score (nSPS) is 20.4. The van der Waals surface area contributed by atoms with Gasteiger partial charge in [0.05, 0.1) is 6.61 Å². The number of hydrogen-bond donors (Lipinski definition) is 0. The first kappa shape index (κ1) is 16.4. The third-order valence-electron chi connectivity index (χ3n) is 3.30. The molecule has 1 atom stereocenters. The van der Waals surface area contributed by atoms with Crippen molar-refractivity contribution in [3.05, 3.63) is 4.60 Å². The molecule has 10 heteroatoms. The summed E-state index contributed by atoms with van der Waals surface area (Å²) in [6.07, 6.45) is 1.96. The summed E-state index contributed by atoms with van der Waals surface area (Å²) in [5.74, 6) is -0.507. The zero-order valence-electron chi connectivity index (χ0n) is 11.8. The van der Waals surface area contributed by atoms with Gasteiger partial charge in [0.2, 0.25) is 5.03 Å². The molecule has 0 bridgehead atoms. The first-order valence-corrected chi connectivity index (χ1v) is 8.86. The van der Waals surface area contributed by atoms with Gasteiger partial charge in [-0.2, -0.15) is 4.31 Å². The number of hydrogen-bond acceptors (Lipinski definition) is 6. The van der Waals surface area contributed by atoms with Crippen LogP contribution in [0.5, 0.6) is 0 Å². The molecule has 0 aromatic carbocycles. The van der Waals surface area contributed by atoms with E-state index in [1.165, 1.54) is 16.0 Å². The van der Waals surface area contributed by atoms with Crippen molar-refractivity contribution in [2.45, 2.75) is 37.3 Å². The van der Waals surface area contributed by atoms with Crippen molar-refractivity contribution < 1.29 is 17.9 Å². The van der Waals surface area contributed by atoms with Crippen LogP contribution in [0.2, 0.25) is 0 Å². The Labute approximate surface area is 131 Å². The Hall–Kier alpha value is -1.00. The molecule has 2 rings (SSSR count). The largest absolute Gasteiger partial charge is 0.465 e. The average Bonchev–Trinajstić information content (AvgIpc) is 2.79. The molecule has 1 saturated heterocycles. The first-order chi connectivity index (χ1) is 9.89. The Morgan fingerprint density at radius 3 is 2.76 bits per heavy atom. The summed E-state index contributed by atoms with van der Waals surface area (Å²) in [6, 6.07) is -0.787. The lowest BCUT2D eigenvalue weighted by atomic mass is 10.1. The Kier molecular flexibility index (Phi) is 4.99. The molecule has 21 heavy (non-hydrogen) atoms. The number of ether oxygens (including phenoxy) is 1. The van der Waals surface area contributed by atoms with Gasteiger partial charge in [0, 0.05) is 13.6 Å². The highest BCUT2D eigenvalue weighted by atomic mass is 79.9. The molecule has 0 aliphatic carbocycles. The average molecular weight is 381 g/mol. The molecule has 0 spiro atoms. The molecule has 1 aliphatic heterocycles. The van der Waals surface area contributed by atoms with Gasteiger partial charge in [-0.1, -0.05) is 5.21 Å². The van der Waals surface area contributed by atoms with E-state index in [4.69, 9.17) is 4.74 Å². The van der Waals surface area contributed by atoms with E-state index in [-0.39, 0.29) is 22.8 Å². The highest BCUT2D eigenvalue weighted by Gasteiger charge is 2.41. The minimum absolute atomic E-state index is 0.0568. The van der Waals surface area contributed by atoms with Crippen molar-refractivity contribution in [2.24, 2.45) is 7.05 Å². The minimum atomic E-state index is -3.87. The monoisotopic (exact) mass is 380 g/mol. The van der Waals surface area contributed by atoms with Gasteiger partial charge in [-0.3, -0.25) is 4.79 Å². The Balaban J connectivity index is 2.39. The number of halogens is 1. The SMILES string of the molecule is CCOC(=O)C1CCCCN1S(=O)(=O)c1c(Br)nnn1C. The highest BCUT2D eigenvalue weighted by molar-refractivity contribution is 9.10. The molecule has 0 radical (unpaired) electrons. The molecular weight excluding hydrogens is 364 g/mol. The quantitative estimate of drug-likeness (QED) is 0.712. The van der Waals surface area contributed by atoms with Crippen LogP contribution in [0.1, 0.15) is 26.2 Å². The summed E-state index contributed by atoms with van der Waals surface area (Å²) in [6.45, 7) is 2.20. The van der Waals surface area contributed by atoms with E-state index >= 15 is 0 Å².